The Morgan fingerprint density at radius 3 is 2.83 bits per heavy atom. The van der Waals surface area contributed by atoms with Gasteiger partial charge in [-0.05, 0) is 34.5 Å². The highest BCUT2D eigenvalue weighted by atomic mass is 79.9. The quantitative estimate of drug-likeness (QED) is 0.843. The minimum absolute atomic E-state index is 0.111. The highest BCUT2D eigenvalue weighted by Gasteiger charge is 2.31. The maximum Gasteiger partial charge on any atom is 0.247 e. The van der Waals surface area contributed by atoms with Gasteiger partial charge in [-0.1, -0.05) is 12.1 Å². The van der Waals surface area contributed by atoms with Crippen molar-refractivity contribution in [2.24, 2.45) is 0 Å². The van der Waals surface area contributed by atoms with Crippen molar-refractivity contribution in [3.63, 3.8) is 0 Å². The van der Waals surface area contributed by atoms with Crippen molar-refractivity contribution in [1.82, 2.24) is 15.2 Å². The zero-order chi connectivity index (χ0) is 16.4. The van der Waals surface area contributed by atoms with E-state index in [9.17, 15) is 8.42 Å². The number of hydrogen-bond donors (Lipinski definition) is 1. The summed E-state index contributed by atoms with van der Waals surface area (Å²) in [6.07, 6.45) is 2.12. The van der Waals surface area contributed by atoms with Crippen LogP contribution >= 0.6 is 15.9 Å². The zero-order valence-electron chi connectivity index (χ0n) is 12.5. The molecule has 0 amide bonds. The first kappa shape index (κ1) is 16.1. The molecule has 1 fully saturated rings. The Balaban J connectivity index is 1.79. The maximum atomic E-state index is 11.6. The Morgan fingerprint density at radius 1 is 1.35 bits per heavy atom. The number of aromatic nitrogens is 3. The van der Waals surface area contributed by atoms with Gasteiger partial charge >= 0.3 is 0 Å². The van der Waals surface area contributed by atoms with Gasteiger partial charge in [-0.25, -0.2) is 8.42 Å². The lowest BCUT2D eigenvalue weighted by Gasteiger charge is -2.23. The number of sulfone groups is 1. The molecule has 7 nitrogen and oxygen atoms in total. The van der Waals surface area contributed by atoms with Crippen molar-refractivity contribution in [2.75, 3.05) is 28.8 Å². The second-order valence-corrected chi connectivity index (χ2v) is 8.50. The summed E-state index contributed by atoms with van der Waals surface area (Å²) in [7, 11) is -1.16. The highest BCUT2D eigenvalue weighted by Crippen LogP contribution is 2.25. The van der Waals surface area contributed by atoms with Gasteiger partial charge in [-0.3, -0.25) is 0 Å². The van der Waals surface area contributed by atoms with Crippen LogP contribution in [-0.2, 0) is 9.84 Å². The molecule has 0 radical (unpaired) electrons. The van der Waals surface area contributed by atoms with E-state index in [2.05, 4.69) is 36.4 Å². The molecule has 1 unspecified atom stereocenters. The number of benzene rings is 1. The van der Waals surface area contributed by atoms with E-state index in [1.54, 1.807) is 11.9 Å². The molecule has 2 heterocycles. The first-order chi connectivity index (χ1) is 10.9. The van der Waals surface area contributed by atoms with Gasteiger partial charge in [0.1, 0.15) is 0 Å². The molecule has 0 saturated carbocycles. The monoisotopic (exact) mass is 397 g/mol. The Bertz CT molecular complexity index is 814. The minimum atomic E-state index is -2.95. The second-order valence-electron chi connectivity index (χ2n) is 5.41. The average Bonchev–Trinajstić information content (AvgIpc) is 2.89. The van der Waals surface area contributed by atoms with Crippen LogP contribution in [0, 0.1) is 0 Å². The van der Waals surface area contributed by atoms with E-state index in [-0.39, 0.29) is 17.5 Å². The molecule has 9 heteroatoms. The van der Waals surface area contributed by atoms with Crippen LogP contribution in [0.5, 0.6) is 0 Å². The van der Waals surface area contributed by atoms with Crippen LogP contribution in [0.1, 0.15) is 6.42 Å². The molecule has 2 aromatic rings. The Kier molecular flexibility index (Phi) is 4.49. The lowest BCUT2D eigenvalue weighted by molar-refractivity contribution is 0.600. The van der Waals surface area contributed by atoms with Gasteiger partial charge in [0.05, 0.1) is 23.4 Å². The summed E-state index contributed by atoms with van der Waals surface area (Å²) in [5.41, 5.74) is 0.866. The second kappa shape index (κ2) is 6.40. The van der Waals surface area contributed by atoms with E-state index >= 15 is 0 Å². The van der Waals surface area contributed by atoms with Crippen LogP contribution in [0.4, 0.5) is 17.5 Å². The molecule has 1 aromatic carbocycles. The van der Waals surface area contributed by atoms with E-state index in [4.69, 9.17) is 0 Å². The molecule has 122 valence electrons. The van der Waals surface area contributed by atoms with E-state index in [1.165, 1.54) is 6.20 Å². The third-order valence-corrected chi connectivity index (χ3v) is 6.20. The van der Waals surface area contributed by atoms with Crippen LogP contribution in [0.3, 0.4) is 0 Å². The van der Waals surface area contributed by atoms with Crippen molar-refractivity contribution in [3.05, 3.63) is 34.9 Å². The average molecular weight is 398 g/mol. The fraction of sp³-hybridized carbons (Fsp3) is 0.357. The van der Waals surface area contributed by atoms with Gasteiger partial charge in [0.2, 0.25) is 5.95 Å². The first-order valence-electron chi connectivity index (χ1n) is 7.09. The molecule has 3 rings (SSSR count). The number of nitrogens with one attached hydrogen (secondary N) is 1. The summed E-state index contributed by atoms with van der Waals surface area (Å²) in [4.78, 5) is 6.21. The van der Waals surface area contributed by atoms with Crippen LogP contribution in [0.25, 0.3) is 0 Å². The molecular formula is C14H16BrN5O2S. The fourth-order valence-corrected chi connectivity index (χ4v) is 4.61. The molecular weight excluding hydrogens is 382 g/mol. The smallest absolute Gasteiger partial charge is 0.247 e. The topological polar surface area (TPSA) is 88.1 Å². The summed E-state index contributed by atoms with van der Waals surface area (Å²) >= 11 is 3.46. The predicted octanol–water partition coefficient (Wildman–Crippen LogP) is 2.00. The van der Waals surface area contributed by atoms with E-state index in [0.29, 0.717) is 18.2 Å². The van der Waals surface area contributed by atoms with Crippen molar-refractivity contribution in [3.8, 4) is 0 Å². The van der Waals surface area contributed by atoms with Crippen molar-refractivity contribution in [2.45, 2.75) is 12.5 Å². The number of rotatable bonds is 4. The van der Waals surface area contributed by atoms with E-state index < -0.39 is 9.84 Å². The highest BCUT2D eigenvalue weighted by molar-refractivity contribution is 9.10. The van der Waals surface area contributed by atoms with Crippen molar-refractivity contribution < 1.29 is 8.42 Å². The molecule has 1 N–H and O–H groups in total. The lowest BCUT2D eigenvalue weighted by Crippen LogP contribution is -2.34. The molecule has 0 spiro atoms. The minimum Gasteiger partial charge on any atom is -0.338 e. The Labute approximate surface area is 143 Å². The standard InChI is InChI=1S/C14H16BrN5O2S/c1-20(10-6-7-23(21,22)9-10)14-18-13(8-16-19-14)17-12-5-3-2-4-11(12)15/h2-5,8,10H,6-7,9H2,1H3,(H,17,18,19). The molecule has 0 bridgehead atoms. The van der Waals surface area contributed by atoms with Crippen LogP contribution < -0.4 is 10.2 Å². The summed E-state index contributed by atoms with van der Waals surface area (Å²) in [5, 5.41) is 11.1. The van der Waals surface area contributed by atoms with E-state index in [1.807, 2.05) is 24.3 Å². The number of hydrogen-bond acceptors (Lipinski definition) is 7. The van der Waals surface area contributed by atoms with Gasteiger partial charge in [-0.2, -0.15) is 10.1 Å². The third kappa shape index (κ3) is 3.78. The van der Waals surface area contributed by atoms with Gasteiger partial charge in [0.25, 0.3) is 0 Å². The summed E-state index contributed by atoms with van der Waals surface area (Å²) in [5.74, 6) is 1.30. The Hall–Kier alpha value is -1.74. The maximum absolute atomic E-state index is 11.6. The molecule has 1 saturated heterocycles. The zero-order valence-corrected chi connectivity index (χ0v) is 14.9. The largest absolute Gasteiger partial charge is 0.338 e. The summed E-state index contributed by atoms with van der Waals surface area (Å²) < 4.78 is 24.2. The normalized spacial score (nSPS) is 19.5. The van der Waals surface area contributed by atoms with Crippen molar-refractivity contribution in [1.29, 1.82) is 0 Å². The fourth-order valence-electron chi connectivity index (χ4n) is 2.45. The van der Waals surface area contributed by atoms with Crippen LogP contribution in [0.15, 0.2) is 34.9 Å². The molecule has 1 aromatic heterocycles. The Morgan fingerprint density at radius 2 is 2.13 bits per heavy atom. The van der Waals surface area contributed by atoms with Gasteiger partial charge in [0, 0.05) is 17.6 Å². The number of nitrogens with zero attached hydrogens (tertiary/aromatic N) is 4. The summed E-state index contributed by atoms with van der Waals surface area (Å²) in [6, 6.07) is 7.57. The summed E-state index contributed by atoms with van der Waals surface area (Å²) in [6.45, 7) is 0. The number of para-hydroxylation sites is 1. The molecule has 1 aliphatic rings. The van der Waals surface area contributed by atoms with Crippen LogP contribution in [-0.4, -0.2) is 48.2 Å². The van der Waals surface area contributed by atoms with E-state index in [0.717, 1.165) is 10.2 Å². The molecule has 1 aliphatic heterocycles. The number of anilines is 3. The lowest BCUT2D eigenvalue weighted by atomic mass is 10.2. The SMILES string of the molecule is CN(c1nncc(Nc2ccccc2Br)n1)C1CCS(=O)(=O)C1. The van der Waals surface area contributed by atoms with Crippen molar-refractivity contribution >= 4 is 43.2 Å². The molecule has 1 atom stereocenters. The predicted molar refractivity (Wildman–Crippen MR) is 92.7 cm³/mol. The first-order valence-corrected chi connectivity index (χ1v) is 9.70. The third-order valence-electron chi connectivity index (χ3n) is 3.76. The number of halogens is 1. The molecule has 23 heavy (non-hydrogen) atoms. The molecule has 0 aliphatic carbocycles. The van der Waals surface area contributed by atoms with Gasteiger partial charge < -0.3 is 10.2 Å². The van der Waals surface area contributed by atoms with Crippen LogP contribution in [0.2, 0.25) is 0 Å². The van der Waals surface area contributed by atoms with Gasteiger partial charge in [-0.15, -0.1) is 5.10 Å². The van der Waals surface area contributed by atoms with Gasteiger partial charge in [0.15, 0.2) is 15.7 Å².